The molecule has 0 spiro atoms. The van der Waals surface area contributed by atoms with Crippen LogP contribution in [0.3, 0.4) is 0 Å². The zero-order chi connectivity index (χ0) is 32.7. The van der Waals surface area contributed by atoms with E-state index in [1.54, 1.807) is 12.1 Å². The monoisotopic (exact) mass is 688 g/mol. The fourth-order valence-corrected chi connectivity index (χ4v) is 5.91. The smallest absolute Gasteiger partial charge is 0.387 e. The second-order valence-electron chi connectivity index (χ2n) is 10.1. The Morgan fingerprint density at radius 1 is 0.933 bits per heavy atom. The summed E-state index contributed by atoms with van der Waals surface area (Å²) in [5, 5.41) is 0.658. The highest BCUT2D eigenvalue weighted by Gasteiger charge is 2.27. The molecule has 45 heavy (non-hydrogen) atoms. The number of alkyl halides is 2. The largest absolute Gasteiger partial charge is 0.493 e. The van der Waals surface area contributed by atoms with Crippen molar-refractivity contribution in [2.75, 3.05) is 27.4 Å². The van der Waals surface area contributed by atoms with Gasteiger partial charge < -0.3 is 23.7 Å². The standard InChI is InChI=1S/C31H32Cl2F2O9S/c1-4-18-11-23(32)22(24(33)12-18)15-27(20-7-9-26(44-31(34)35)29(13-20)41-16-19-5-6-19)43-30(36)17-42-45(37,38)21-8-10-25(39-2)28(14-21)40-3/h7-14,19,27,31H,4-6,15-17H2,1-3H3. The van der Waals surface area contributed by atoms with Gasteiger partial charge in [0.25, 0.3) is 10.1 Å². The molecular formula is C31H32Cl2F2O9S. The molecule has 1 aliphatic carbocycles. The molecule has 4 rings (SSSR count). The van der Waals surface area contributed by atoms with Crippen LogP contribution in [0.2, 0.25) is 10.0 Å². The highest BCUT2D eigenvalue weighted by molar-refractivity contribution is 7.86. The van der Waals surface area contributed by atoms with E-state index >= 15 is 0 Å². The molecule has 1 aliphatic rings. The molecular weight excluding hydrogens is 657 g/mol. The Hall–Kier alpha value is -3.32. The van der Waals surface area contributed by atoms with Crippen molar-refractivity contribution < 1.29 is 49.9 Å². The lowest BCUT2D eigenvalue weighted by Gasteiger charge is -2.22. The van der Waals surface area contributed by atoms with Crippen LogP contribution in [0.1, 0.15) is 42.6 Å². The van der Waals surface area contributed by atoms with Gasteiger partial charge in [0.1, 0.15) is 6.10 Å². The lowest BCUT2D eigenvalue weighted by molar-refractivity contribution is -0.151. The van der Waals surface area contributed by atoms with Crippen molar-refractivity contribution in [3.63, 3.8) is 0 Å². The molecule has 1 atom stereocenters. The van der Waals surface area contributed by atoms with Crippen molar-refractivity contribution in [3.05, 3.63) is 75.3 Å². The quantitative estimate of drug-likeness (QED) is 0.114. The zero-order valence-corrected chi connectivity index (χ0v) is 27.0. The number of aryl methyl sites for hydroxylation is 1. The fraction of sp³-hybridized carbons (Fsp3) is 0.387. The number of rotatable bonds is 16. The normalized spacial score (nSPS) is 13.8. The number of benzene rings is 3. The van der Waals surface area contributed by atoms with Gasteiger partial charge in [-0.3, -0.25) is 4.18 Å². The van der Waals surface area contributed by atoms with Crippen LogP contribution in [-0.4, -0.2) is 48.4 Å². The number of ether oxygens (including phenoxy) is 5. The Balaban J connectivity index is 1.60. The van der Waals surface area contributed by atoms with E-state index < -0.39 is 35.4 Å². The Labute approximate surface area is 270 Å². The van der Waals surface area contributed by atoms with E-state index in [1.807, 2.05) is 6.92 Å². The molecule has 0 heterocycles. The number of methoxy groups -OCH3 is 2. The molecule has 1 saturated carbocycles. The minimum absolute atomic E-state index is 0.0338. The van der Waals surface area contributed by atoms with Crippen LogP contribution in [-0.2, 0) is 36.7 Å². The van der Waals surface area contributed by atoms with E-state index in [0.29, 0.717) is 45.9 Å². The lowest BCUT2D eigenvalue weighted by atomic mass is 9.99. The summed E-state index contributed by atoms with van der Waals surface area (Å²) in [6.07, 6.45) is 1.46. The summed E-state index contributed by atoms with van der Waals surface area (Å²) in [4.78, 5) is 12.8. The van der Waals surface area contributed by atoms with E-state index in [-0.39, 0.29) is 28.6 Å². The highest BCUT2D eigenvalue weighted by Crippen LogP contribution is 2.38. The lowest BCUT2D eigenvalue weighted by Crippen LogP contribution is -2.21. The first-order valence-electron chi connectivity index (χ1n) is 13.9. The average Bonchev–Trinajstić information content (AvgIpc) is 3.84. The third-order valence-corrected chi connectivity index (χ3v) is 8.91. The molecule has 244 valence electrons. The molecule has 0 aliphatic heterocycles. The third-order valence-electron chi connectivity index (χ3n) is 6.97. The average molecular weight is 690 g/mol. The van der Waals surface area contributed by atoms with Gasteiger partial charge in [0.15, 0.2) is 29.6 Å². The maximum Gasteiger partial charge on any atom is 0.387 e. The van der Waals surface area contributed by atoms with Gasteiger partial charge in [-0.05, 0) is 78.3 Å². The Kier molecular flexibility index (Phi) is 11.8. The highest BCUT2D eigenvalue weighted by atomic mass is 35.5. The Morgan fingerprint density at radius 2 is 1.60 bits per heavy atom. The number of carbonyl (C=O) groups is 1. The van der Waals surface area contributed by atoms with Gasteiger partial charge in [-0.25, -0.2) is 4.79 Å². The van der Waals surface area contributed by atoms with Gasteiger partial charge in [-0.1, -0.05) is 36.2 Å². The SMILES string of the molecule is CCc1cc(Cl)c(CC(OC(=O)COS(=O)(=O)c2ccc(OC)c(OC)c2)c2ccc(OC(F)F)c(OCC3CC3)c2)c(Cl)c1. The van der Waals surface area contributed by atoms with Crippen LogP contribution in [0.4, 0.5) is 8.78 Å². The third kappa shape index (κ3) is 9.35. The van der Waals surface area contributed by atoms with Gasteiger partial charge in [-0.15, -0.1) is 0 Å². The van der Waals surface area contributed by atoms with E-state index in [4.69, 9.17) is 46.3 Å². The maximum atomic E-state index is 13.1. The van der Waals surface area contributed by atoms with E-state index in [0.717, 1.165) is 18.4 Å². The summed E-state index contributed by atoms with van der Waals surface area (Å²) >= 11 is 13.1. The second kappa shape index (κ2) is 15.3. The summed E-state index contributed by atoms with van der Waals surface area (Å²) in [5.41, 5.74) is 1.69. The van der Waals surface area contributed by atoms with Gasteiger partial charge in [0.05, 0.1) is 25.7 Å². The molecule has 0 radical (unpaired) electrons. The molecule has 9 nitrogen and oxygen atoms in total. The first-order chi connectivity index (χ1) is 21.4. The first-order valence-corrected chi connectivity index (χ1v) is 16.1. The van der Waals surface area contributed by atoms with Crippen molar-refractivity contribution in [2.45, 2.75) is 50.2 Å². The zero-order valence-electron chi connectivity index (χ0n) is 24.7. The predicted octanol–water partition coefficient (Wildman–Crippen LogP) is 7.20. The van der Waals surface area contributed by atoms with E-state index in [2.05, 4.69) is 4.74 Å². The molecule has 14 heteroatoms. The molecule has 1 unspecified atom stereocenters. The topological polar surface area (TPSA) is 107 Å². The molecule has 3 aromatic carbocycles. The summed E-state index contributed by atoms with van der Waals surface area (Å²) in [6.45, 7) is -1.83. The molecule has 0 bridgehead atoms. The fourth-order valence-electron chi connectivity index (χ4n) is 4.35. The van der Waals surface area contributed by atoms with Crippen molar-refractivity contribution in [2.24, 2.45) is 5.92 Å². The molecule has 0 aromatic heterocycles. The van der Waals surface area contributed by atoms with Crippen molar-refractivity contribution >= 4 is 39.3 Å². The molecule has 1 fully saturated rings. The van der Waals surface area contributed by atoms with Crippen molar-refractivity contribution in [3.8, 4) is 23.0 Å². The number of halogens is 4. The van der Waals surface area contributed by atoms with Gasteiger partial charge >= 0.3 is 12.6 Å². The van der Waals surface area contributed by atoms with Gasteiger partial charge in [-0.2, -0.15) is 17.2 Å². The first kappa shape index (κ1) is 34.6. The Bertz CT molecular complexity index is 1590. The molecule has 0 amide bonds. The van der Waals surface area contributed by atoms with Gasteiger partial charge in [0, 0.05) is 22.5 Å². The van der Waals surface area contributed by atoms with Crippen LogP contribution in [0.25, 0.3) is 0 Å². The van der Waals surface area contributed by atoms with Gasteiger partial charge in [0.2, 0.25) is 0 Å². The number of hydrogen-bond acceptors (Lipinski definition) is 9. The summed E-state index contributed by atoms with van der Waals surface area (Å²) < 4.78 is 83.3. The van der Waals surface area contributed by atoms with Crippen molar-refractivity contribution in [1.82, 2.24) is 0 Å². The van der Waals surface area contributed by atoms with Crippen LogP contribution in [0, 0.1) is 5.92 Å². The number of hydrogen-bond donors (Lipinski definition) is 0. The minimum Gasteiger partial charge on any atom is -0.493 e. The van der Waals surface area contributed by atoms with Crippen LogP contribution < -0.4 is 18.9 Å². The minimum atomic E-state index is -4.41. The Morgan fingerprint density at radius 3 is 2.20 bits per heavy atom. The summed E-state index contributed by atoms with van der Waals surface area (Å²) in [7, 11) is -1.67. The number of esters is 1. The summed E-state index contributed by atoms with van der Waals surface area (Å²) in [6, 6.07) is 11.4. The number of carbonyl (C=O) groups excluding carboxylic acids is 1. The van der Waals surface area contributed by atoms with E-state index in [9.17, 15) is 22.0 Å². The summed E-state index contributed by atoms with van der Waals surface area (Å²) in [5.74, 6) is -0.435. The van der Waals surface area contributed by atoms with E-state index in [1.165, 1.54) is 50.6 Å². The van der Waals surface area contributed by atoms with Crippen LogP contribution in [0.15, 0.2) is 53.4 Å². The molecule has 0 N–H and O–H groups in total. The van der Waals surface area contributed by atoms with Crippen molar-refractivity contribution in [1.29, 1.82) is 0 Å². The second-order valence-corrected chi connectivity index (χ2v) is 12.6. The molecule has 3 aromatic rings. The van der Waals surface area contributed by atoms with Crippen LogP contribution in [0.5, 0.6) is 23.0 Å². The predicted molar refractivity (Wildman–Crippen MR) is 162 cm³/mol. The maximum absolute atomic E-state index is 13.1. The molecule has 0 saturated heterocycles. The van der Waals surface area contributed by atoms with Crippen LogP contribution >= 0.6 is 23.2 Å².